The minimum absolute atomic E-state index is 0.775. The maximum absolute atomic E-state index is 5.20. The summed E-state index contributed by atoms with van der Waals surface area (Å²) in [6.07, 6.45) is 18.9. The first-order valence-electron chi connectivity index (χ1n) is 16.0. The lowest BCUT2D eigenvalue weighted by molar-refractivity contribution is 0.777. The molecule has 218 valence electrons. The molecule has 0 saturated carbocycles. The van der Waals surface area contributed by atoms with E-state index < -0.39 is 29.0 Å². The largest absolute Gasteiger partial charge is 0.171 e. The van der Waals surface area contributed by atoms with Gasteiger partial charge in [0.15, 0.2) is 0 Å². The number of unbranched alkanes of at least 4 members (excludes halogenated alkanes) is 1. The minimum Gasteiger partial charge on any atom is -0.171 e. The molecule has 8 atom stereocenters. The van der Waals surface area contributed by atoms with Crippen LogP contribution in [0.4, 0.5) is 0 Å². The van der Waals surface area contributed by atoms with Crippen molar-refractivity contribution in [3.63, 3.8) is 0 Å². The van der Waals surface area contributed by atoms with Gasteiger partial charge in [0.05, 0.1) is 0 Å². The molecule has 4 rings (SSSR count). The van der Waals surface area contributed by atoms with Crippen molar-refractivity contribution < 1.29 is 0 Å². The van der Waals surface area contributed by atoms with E-state index in [1.807, 2.05) is 10.1 Å². The molecule has 38 heavy (non-hydrogen) atoms. The summed E-state index contributed by atoms with van der Waals surface area (Å²) in [5.41, 5.74) is 6.20. The lowest BCUT2D eigenvalue weighted by atomic mass is 10.2. The van der Waals surface area contributed by atoms with Crippen LogP contribution >= 0.6 is 29.0 Å². The van der Waals surface area contributed by atoms with Gasteiger partial charge in [-0.3, -0.25) is 0 Å². The van der Waals surface area contributed by atoms with Crippen LogP contribution in [-0.4, -0.2) is 45.3 Å². The van der Waals surface area contributed by atoms with E-state index in [4.69, 9.17) is 26.7 Å². The van der Waals surface area contributed by atoms with Crippen LogP contribution in [0.3, 0.4) is 0 Å². The molecule has 0 aliphatic carbocycles. The molecule has 4 saturated heterocycles. The van der Waals surface area contributed by atoms with Gasteiger partial charge in [0.1, 0.15) is 10.1 Å². The van der Waals surface area contributed by atoms with Gasteiger partial charge in [-0.15, -0.1) is 0 Å². The Balaban J connectivity index is 1.73. The molecule has 4 aliphatic rings. The van der Waals surface area contributed by atoms with E-state index in [1.54, 1.807) is 0 Å². The molecule has 0 N–H and O–H groups in total. The van der Waals surface area contributed by atoms with Gasteiger partial charge < -0.3 is 0 Å². The topological polar surface area (TPSA) is 0 Å². The summed E-state index contributed by atoms with van der Waals surface area (Å²) >= 11 is 0. The summed E-state index contributed by atoms with van der Waals surface area (Å²) in [7, 11) is -5.63. The number of allylic oxidation sites excluding steroid dienone is 2. The summed E-state index contributed by atoms with van der Waals surface area (Å²) in [5, 5.41) is 3.69. The molecule has 0 spiro atoms. The van der Waals surface area contributed by atoms with Crippen LogP contribution in [0, 0.1) is 26.7 Å². The van der Waals surface area contributed by atoms with Crippen molar-refractivity contribution in [2.45, 2.75) is 165 Å². The van der Waals surface area contributed by atoms with Crippen LogP contribution in [0.2, 0.25) is 0 Å². The first kappa shape index (κ1) is 32.1. The Morgan fingerprint density at radius 1 is 0.421 bits per heavy atom. The fourth-order valence-electron chi connectivity index (χ4n) is 9.11. The zero-order valence-corrected chi connectivity index (χ0v) is 30.0. The van der Waals surface area contributed by atoms with E-state index in [2.05, 4.69) is 67.5 Å². The highest BCUT2D eigenvalue weighted by molar-refractivity contribution is 8.01. The first-order chi connectivity index (χ1) is 17.7. The van der Waals surface area contributed by atoms with Crippen molar-refractivity contribution in [2.24, 2.45) is 0 Å². The lowest BCUT2D eigenvalue weighted by Crippen LogP contribution is -2.18. The fourth-order valence-corrected chi connectivity index (χ4v) is 33.2. The summed E-state index contributed by atoms with van der Waals surface area (Å²) in [4.78, 5) is 0. The fraction of sp³-hybridized carbons (Fsp3) is 0.765. The molecule has 4 fully saturated rings. The summed E-state index contributed by atoms with van der Waals surface area (Å²) in [5.74, 6) is 0. The second-order valence-corrected chi connectivity index (χ2v) is 31.7. The number of hydrogen-bond acceptors (Lipinski definition) is 0. The SMILES string of the molecule is [CH2-][P+]1(C(=CCCC=C([P+]2([CH2-])[C@@H](C)CC[C@@H]2C)[P+]2([CH2-])[C@@H](C)CC[C@@H]2C)[P+]2([CH2-])[C@H](C)CC[C@H]2C)[C@H](C)CC[C@H]1C. The van der Waals surface area contributed by atoms with Crippen LogP contribution in [0.1, 0.15) is 120 Å². The van der Waals surface area contributed by atoms with Crippen molar-refractivity contribution in [1.29, 1.82) is 0 Å². The van der Waals surface area contributed by atoms with E-state index in [0.29, 0.717) is 0 Å². The Bertz CT molecular complexity index is 739. The molecule has 0 amide bonds. The zero-order chi connectivity index (χ0) is 28.3. The standard InChI is InChI=1S/C34H62P4/c1-25-17-18-26(2)35(25,9)33(36(10)27(3)19-20-28(36)4)15-13-14-16-34(37(11)29(5)21-22-30(37)6)38(12)31(7)23-24-32(38)8/h15-16,25-32H,9-14,17-24H2,1-8H3/t25-,26-,27-,28-,29+,30+,31+,32+. The van der Waals surface area contributed by atoms with Gasteiger partial charge in [-0.05, 0) is 161 Å². The molecule has 4 heteroatoms. The Labute approximate surface area is 242 Å². The smallest absolute Gasteiger partial charge is 0.141 e. The molecule has 0 aromatic heterocycles. The van der Waals surface area contributed by atoms with Crippen molar-refractivity contribution in [1.82, 2.24) is 0 Å². The third kappa shape index (κ3) is 4.86. The van der Waals surface area contributed by atoms with Crippen molar-refractivity contribution >= 4 is 29.0 Å². The average molecular weight is 595 g/mol. The van der Waals surface area contributed by atoms with Gasteiger partial charge in [-0.1, -0.05) is 0 Å². The quantitative estimate of drug-likeness (QED) is 0.156. The monoisotopic (exact) mass is 594 g/mol. The van der Waals surface area contributed by atoms with Crippen molar-refractivity contribution in [3.8, 4) is 0 Å². The molecule has 0 bridgehead atoms. The predicted molar refractivity (Wildman–Crippen MR) is 187 cm³/mol. The normalized spacial score (nSPS) is 40.8. The second-order valence-electron chi connectivity index (χ2n) is 14.5. The van der Waals surface area contributed by atoms with Crippen molar-refractivity contribution in [2.75, 3.05) is 0 Å². The second kappa shape index (κ2) is 11.7. The predicted octanol–water partition coefficient (Wildman–Crippen LogP) is 13.0. The number of rotatable bonds is 7. The molecular weight excluding hydrogens is 532 g/mol. The van der Waals surface area contributed by atoms with E-state index in [1.165, 1.54) is 64.2 Å². The molecule has 0 nitrogen and oxygen atoms in total. The van der Waals surface area contributed by atoms with Crippen LogP contribution < -0.4 is 0 Å². The van der Waals surface area contributed by atoms with E-state index in [9.17, 15) is 0 Å². The van der Waals surface area contributed by atoms with E-state index in [-0.39, 0.29) is 0 Å². The molecular formula is C34H62P4. The van der Waals surface area contributed by atoms with Gasteiger partial charge in [-0.25, -0.2) is 0 Å². The average Bonchev–Trinajstić information content (AvgIpc) is 3.49. The highest BCUT2D eigenvalue weighted by atomic mass is 31.2. The maximum Gasteiger partial charge on any atom is 0.141 e. The highest BCUT2D eigenvalue weighted by Crippen LogP contribution is 2.94. The maximum atomic E-state index is 5.20. The Kier molecular flexibility index (Phi) is 9.89. The minimum atomic E-state index is -1.41. The summed E-state index contributed by atoms with van der Waals surface area (Å²) in [6.45, 7) is 41.1. The van der Waals surface area contributed by atoms with Crippen LogP contribution in [0.5, 0.6) is 0 Å². The summed E-state index contributed by atoms with van der Waals surface area (Å²) in [6, 6.07) is 0. The van der Waals surface area contributed by atoms with Crippen LogP contribution in [0.15, 0.2) is 22.3 Å². The molecule has 0 radical (unpaired) electrons. The van der Waals surface area contributed by atoms with Gasteiger partial charge >= 0.3 is 0 Å². The van der Waals surface area contributed by atoms with Crippen LogP contribution in [0.25, 0.3) is 0 Å². The Morgan fingerprint density at radius 2 is 0.579 bits per heavy atom. The van der Waals surface area contributed by atoms with Crippen molar-refractivity contribution in [3.05, 3.63) is 48.9 Å². The van der Waals surface area contributed by atoms with Gasteiger partial charge in [0.2, 0.25) is 0 Å². The third-order valence-corrected chi connectivity index (χ3v) is 36.1. The highest BCUT2D eigenvalue weighted by Gasteiger charge is 2.59. The third-order valence-electron chi connectivity index (χ3n) is 12.8. The molecule has 0 aromatic carbocycles. The Morgan fingerprint density at radius 3 is 0.737 bits per heavy atom. The molecule has 0 unspecified atom stereocenters. The van der Waals surface area contributed by atoms with Crippen LogP contribution in [-0.2, 0) is 0 Å². The Hall–Kier alpha value is 1.20. The van der Waals surface area contributed by atoms with Gasteiger partial charge in [0, 0.05) is 45.3 Å². The van der Waals surface area contributed by atoms with E-state index in [0.717, 1.165) is 45.3 Å². The molecule has 0 aromatic rings. The molecule has 4 aliphatic heterocycles. The van der Waals surface area contributed by atoms with E-state index >= 15 is 0 Å². The summed E-state index contributed by atoms with van der Waals surface area (Å²) < 4.78 is 0. The lowest BCUT2D eigenvalue weighted by Gasteiger charge is -2.46. The first-order valence-corrected chi connectivity index (χ1v) is 24.5. The number of hydrogen-bond donors (Lipinski definition) is 0. The molecule has 4 heterocycles. The van der Waals surface area contributed by atoms with Gasteiger partial charge in [0.25, 0.3) is 0 Å². The van der Waals surface area contributed by atoms with Gasteiger partial charge in [-0.2, -0.15) is 26.7 Å². The zero-order valence-electron chi connectivity index (χ0n) is 26.5.